The van der Waals surface area contributed by atoms with E-state index in [4.69, 9.17) is 11.6 Å². The van der Waals surface area contributed by atoms with Crippen LogP contribution in [0.2, 0.25) is 5.02 Å². The maximum absolute atomic E-state index is 11.7. The SMILES string of the molecule is O=C(O)c1c2ccccc2nn1Cc1ccc2ncc(Cl)cc2c1. The molecule has 2 heterocycles. The van der Waals surface area contributed by atoms with Crippen molar-refractivity contribution in [3.05, 3.63) is 71.0 Å². The van der Waals surface area contributed by atoms with Gasteiger partial charge in [-0.2, -0.15) is 5.10 Å². The maximum Gasteiger partial charge on any atom is 0.354 e. The summed E-state index contributed by atoms with van der Waals surface area (Å²) in [4.78, 5) is 15.9. The summed E-state index contributed by atoms with van der Waals surface area (Å²) in [6.45, 7) is 0.360. The molecule has 0 amide bonds. The van der Waals surface area contributed by atoms with Crippen LogP contribution in [0.5, 0.6) is 0 Å². The van der Waals surface area contributed by atoms with Crippen molar-refractivity contribution in [3.63, 3.8) is 0 Å². The lowest BCUT2D eigenvalue weighted by Gasteiger charge is -2.06. The van der Waals surface area contributed by atoms with E-state index in [0.717, 1.165) is 16.5 Å². The Labute approximate surface area is 142 Å². The molecule has 0 aliphatic rings. The molecule has 0 atom stereocenters. The van der Waals surface area contributed by atoms with Gasteiger partial charge in [0.05, 0.1) is 22.6 Å². The number of fused-ring (bicyclic) bond motifs is 2. The lowest BCUT2D eigenvalue weighted by molar-refractivity contribution is 0.0686. The summed E-state index contributed by atoms with van der Waals surface area (Å²) in [5.41, 5.74) is 2.63. The fourth-order valence-electron chi connectivity index (χ4n) is 2.85. The molecule has 0 spiro atoms. The van der Waals surface area contributed by atoms with Crippen LogP contribution >= 0.6 is 11.6 Å². The van der Waals surface area contributed by atoms with Crippen molar-refractivity contribution in [2.45, 2.75) is 6.54 Å². The first-order valence-corrected chi connectivity index (χ1v) is 7.72. The van der Waals surface area contributed by atoms with Crippen LogP contribution < -0.4 is 0 Å². The molecule has 0 fully saturated rings. The van der Waals surface area contributed by atoms with E-state index in [9.17, 15) is 9.90 Å². The van der Waals surface area contributed by atoms with Crippen molar-refractivity contribution < 1.29 is 9.90 Å². The zero-order valence-electron chi connectivity index (χ0n) is 12.5. The Morgan fingerprint density at radius 2 is 1.96 bits per heavy atom. The van der Waals surface area contributed by atoms with Crippen molar-refractivity contribution >= 4 is 39.4 Å². The van der Waals surface area contributed by atoms with Crippen LogP contribution in [0.3, 0.4) is 0 Å². The molecule has 0 aliphatic carbocycles. The molecule has 4 aromatic rings. The predicted octanol–water partition coefficient (Wildman–Crippen LogP) is 3.98. The van der Waals surface area contributed by atoms with Gasteiger partial charge in [0.2, 0.25) is 0 Å². The van der Waals surface area contributed by atoms with Crippen molar-refractivity contribution in [1.29, 1.82) is 0 Å². The lowest BCUT2D eigenvalue weighted by atomic mass is 10.1. The average Bonchev–Trinajstić information content (AvgIpc) is 2.92. The van der Waals surface area contributed by atoms with Gasteiger partial charge in [-0.3, -0.25) is 9.67 Å². The molecule has 118 valence electrons. The molecule has 24 heavy (non-hydrogen) atoms. The summed E-state index contributed by atoms with van der Waals surface area (Å²) in [6, 6.07) is 14.8. The van der Waals surface area contributed by atoms with E-state index in [-0.39, 0.29) is 5.69 Å². The monoisotopic (exact) mass is 337 g/mol. The minimum absolute atomic E-state index is 0.190. The topological polar surface area (TPSA) is 68.0 Å². The van der Waals surface area contributed by atoms with Gasteiger partial charge in [0.15, 0.2) is 5.69 Å². The van der Waals surface area contributed by atoms with E-state index in [2.05, 4.69) is 10.1 Å². The smallest absolute Gasteiger partial charge is 0.354 e. The van der Waals surface area contributed by atoms with Gasteiger partial charge in [-0.15, -0.1) is 0 Å². The summed E-state index contributed by atoms with van der Waals surface area (Å²) < 4.78 is 1.52. The number of aromatic carboxylic acids is 1. The van der Waals surface area contributed by atoms with Gasteiger partial charge in [0, 0.05) is 17.0 Å². The number of halogens is 1. The summed E-state index contributed by atoms with van der Waals surface area (Å²) in [6.07, 6.45) is 1.60. The third-order valence-corrected chi connectivity index (χ3v) is 4.10. The Kier molecular flexibility index (Phi) is 3.43. The van der Waals surface area contributed by atoms with E-state index in [1.165, 1.54) is 4.68 Å². The molecule has 0 unspecified atom stereocenters. The third-order valence-electron chi connectivity index (χ3n) is 3.89. The highest BCUT2D eigenvalue weighted by molar-refractivity contribution is 6.31. The molecule has 0 saturated heterocycles. The highest BCUT2D eigenvalue weighted by Crippen LogP contribution is 2.22. The second-order valence-electron chi connectivity index (χ2n) is 5.51. The van der Waals surface area contributed by atoms with Gasteiger partial charge in [-0.25, -0.2) is 4.79 Å². The van der Waals surface area contributed by atoms with Crippen molar-refractivity contribution in [2.75, 3.05) is 0 Å². The molecule has 4 rings (SSSR count). The molecule has 5 nitrogen and oxygen atoms in total. The summed E-state index contributed by atoms with van der Waals surface area (Å²) in [5.74, 6) is -0.991. The zero-order valence-corrected chi connectivity index (χ0v) is 13.2. The van der Waals surface area contributed by atoms with Gasteiger partial charge < -0.3 is 5.11 Å². The van der Waals surface area contributed by atoms with Gasteiger partial charge in [-0.05, 0) is 29.8 Å². The minimum Gasteiger partial charge on any atom is -0.477 e. The molecule has 0 radical (unpaired) electrons. The number of benzene rings is 2. The van der Waals surface area contributed by atoms with Crippen LogP contribution in [0.25, 0.3) is 21.8 Å². The molecular formula is C18H12ClN3O2. The van der Waals surface area contributed by atoms with Crippen LogP contribution in [-0.4, -0.2) is 25.8 Å². The number of carboxylic acids is 1. The fourth-order valence-corrected chi connectivity index (χ4v) is 3.01. The Balaban J connectivity index is 1.81. The molecule has 2 aromatic heterocycles. The molecule has 0 bridgehead atoms. The van der Waals surface area contributed by atoms with Crippen molar-refractivity contribution in [3.8, 4) is 0 Å². The normalized spacial score (nSPS) is 11.2. The number of hydrogen-bond donors (Lipinski definition) is 1. The number of aromatic nitrogens is 3. The fraction of sp³-hybridized carbons (Fsp3) is 0.0556. The van der Waals surface area contributed by atoms with Crippen molar-refractivity contribution in [1.82, 2.24) is 14.8 Å². The summed E-state index contributed by atoms with van der Waals surface area (Å²) in [7, 11) is 0. The molecule has 0 aliphatic heterocycles. The van der Waals surface area contributed by atoms with E-state index in [1.807, 2.05) is 42.5 Å². The van der Waals surface area contributed by atoms with Gasteiger partial charge in [-0.1, -0.05) is 35.9 Å². The van der Waals surface area contributed by atoms with Crippen LogP contribution in [0, 0.1) is 0 Å². The number of carbonyl (C=O) groups is 1. The highest BCUT2D eigenvalue weighted by atomic mass is 35.5. The number of hydrogen-bond acceptors (Lipinski definition) is 3. The number of nitrogens with zero attached hydrogens (tertiary/aromatic N) is 3. The van der Waals surface area contributed by atoms with Gasteiger partial charge in [0.25, 0.3) is 0 Å². The molecule has 1 N–H and O–H groups in total. The van der Waals surface area contributed by atoms with Gasteiger partial charge in [0.1, 0.15) is 0 Å². The molecule has 6 heteroatoms. The van der Waals surface area contributed by atoms with E-state index >= 15 is 0 Å². The molecule has 2 aromatic carbocycles. The number of pyridine rings is 1. The van der Waals surface area contributed by atoms with Crippen LogP contribution in [0.4, 0.5) is 0 Å². The Morgan fingerprint density at radius 3 is 2.79 bits per heavy atom. The second-order valence-corrected chi connectivity index (χ2v) is 5.95. The standard InChI is InChI=1S/C18H12ClN3O2/c19-13-8-12-7-11(5-6-15(12)20-9-13)10-22-17(18(23)24)14-3-1-2-4-16(14)21-22/h1-9H,10H2,(H,23,24). The van der Waals surface area contributed by atoms with E-state index in [1.54, 1.807) is 12.3 Å². The summed E-state index contributed by atoms with van der Waals surface area (Å²) in [5, 5.41) is 16.1. The van der Waals surface area contributed by atoms with Crippen LogP contribution in [0.15, 0.2) is 54.7 Å². The average molecular weight is 338 g/mol. The van der Waals surface area contributed by atoms with Crippen molar-refractivity contribution in [2.24, 2.45) is 0 Å². The maximum atomic E-state index is 11.7. The van der Waals surface area contributed by atoms with Crippen LogP contribution in [-0.2, 0) is 6.54 Å². The first-order valence-electron chi connectivity index (χ1n) is 7.35. The lowest BCUT2D eigenvalue weighted by Crippen LogP contribution is -2.11. The molecule has 0 saturated carbocycles. The molecular weight excluding hydrogens is 326 g/mol. The third kappa shape index (κ3) is 2.49. The quantitative estimate of drug-likeness (QED) is 0.614. The second kappa shape index (κ2) is 5.62. The van der Waals surface area contributed by atoms with Crippen LogP contribution in [0.1, 0.15) is 16.1 Å². The first kappa shape index (κ1) is 14.7. The first-order chi connectivity index (χ1) is 11.6. The number of rotatable bonds is 3. The zero-order chi connectivity index (χ0) is 16.7. The highest BCUT2D eigenvalue weighted by Gasteiger charge is 2.17. The number of carboxylic acid groups (broad SMARTS) is 1. The predicted molar refractivity (Wildman–Crippen MR) is 92.5 cm³/mol. The Hall–Kier alpha value is -2.92. The Bertz CT molecular complexity index is 1090. The van der Waals surface area contributed by atoms with E-state index < -0.39 is 5.97 Å². The van der Waals surface area contributed by atoms with Gasteiger partial charge >= 0.3 is 5.97 Å². The summed E-state index contributed by atoms with van der Waals surface area (Å²) >= 11 is 5.99. The Morgan fingerprint density at radius 1 is 1.12 bits per heavy atom. The minimum atomic E-state index is -0.991. The largest absolute Gasteiger partial charge is 0.477 e. The van der Waals surface area contributed by atoms with E-state index in [0.29, 0.717) is 22.5 Å².